The van der Waals surface area contributed by atoms with E-state index in [1.54, 1.807) is 0 Å². The summed E-state index contributed by atoms with van der Waals surface area (Å²) in [6, 6.07) is 0. The number of hydrogen-bond acceptors (Lipinski definition) is 3. The van der Waals surface area contributed by atoms with E-state index in [2.05, 4.69) is 10.1 Å². The van der Waals surface area contributed by atoms with Crippen molar-refractivity contribution in [1.82, 2.24) is 14.6 Å². The lowest BCUT2D eigenvalue weighted by atomic mass is 10.0. The third-order valence-electron chi connectivity index (χ3n) is 2.84. The monoisotopic (exact) mass is 271 g/mol. The molecule has 2 rings (SSSR count). The third kappa shape index (κ3) is 1.91. The van der Waals surface area contributed by atoms with E-state index in [1.165, 1.54) is 10.7 Å². The highest BCUT2D eigenvalue weighted by Gasteiger charge is 2.19. The molecule has 0 aromatic carbocycles. The summed E-state index contributed by atoms with van der Waals surface area (Å²) in [6.07, 6.45) is 3.01. The smallest absolute Gasteiger partial charge is 0.168 e. The number of halogens is 2. The second kappa shape index (κ2) is 4.63. The zero-order valence-electron chi connectivity index (χ0n) is 9.44. The van der Waals surface area contributed by atoms with Crippen LogP contribution >= 0.6 is 23.2 Å². The van der Waals surface area contributed by atoms with Crippen LogP contribution in [0.4, 0.5) is 0 Å². The zero-order valence-corrected chi connectivity index (χ0v) is 11.0. The van der Waals surface area contributed by atoms with Gasteiger partial charge in [-0.1, -0.05) is 37.0 Å². The molecule has 2 heterocycles. The Morgan fingerprint density at radius 2 is 2.24 bits per heavy atom. The summed E-state index contributed by atoms with van der Waals surface area (Å²) in [4.78, 5) is 15.0. The van der Waals surface area contributed by atoms with Gasteiger partial charge in [0.1, 0.15) is 10.3 Å². The maximum absolute atomic E-state index is 10.8. The van der Waals surface area contributed by atoms with Gasteiger partial charge in [-0.05, 0) is 12.3 Å². The van der Waals surface area contributed by atoms with Gasteiger partial charge in [-0.2, -0.15) is 5.10 Å². The number of nitrogens with zero attached hydrogens (tertiary/aromatic N) is 3. The zero-order chi connectivity index (χ0) is 12.6. The number of carbonyl (C=O) groups excluding carboxylic acids is 1. The minimum absolute atomic E-state index is 0.191. The molecule has 1 unspecified atom stereocenters. The molecule has 90 valence electrons. The first-order valence-electron chi connectivity index (χ1n) is 5.28. The molecular weight excluding hydrogens is 261 g/mol. The molecule has 0 bridgehead atoms. The predicted octanol–water partition coefficient (Wildman–Crippen LogP) is 3.36. The van der Waals surface area contributed by atoms with Gasteiger partial charge >= 0.3 is 0 Å². The van der Waals surface area contributed by atoms with Crippen LogP contribution in [-0.4, -0.2) is 20.9 Å². The third-order valence-corrected chi connectivity index (χ3v) is 3.49. The molecule has 0 spiro atoms. The molecule has 17 heavy (non-hydrogen) atoms. The molecule has 0 fully saturated rings. The van der Waals surface area contributed by atoms with Gasteiger partial charge in [-0.15, -0.1) is 0 Å². The van der Waals surface area contributed by atoms with Crippen LogP contribution < -0.4 is 0 Å². The van der Waals surface area contributed by atoms with E-state index in [0.717, 1.165) is 12.0 Å². The summed E-state index contributed by atoms with van der Waals surface area (Å²) in [5.41, 5.74) is 1.54. The van der Waals surface area contributed by atoms with Crippen LogP contribution in [-0.2, 0) is 0 Å². The molecule has 0 amide bonds. The van der Waals surface area contributed by atoms with Gasteiger partial charge in [0.25, 0.3) is 0 Å². The Morgan fingerprint density at radius 1 is 1.53 bits per heavy atom. The maximum atomic E-state index is 10.8. The van der Waals surface area contributed by atoms with Gasteiger partial charge in [-0.25, -0.2) is 9.50 Å². The first-order chi connectivity index (χ1) is 8.10. The van der Waals surface area contributed by atoms with Crippen LogP contribution in [0, 0.1) is 0 Å². The van der Waals surface area contributed by atoms with Crippen LogP contribution in [0.5, 0.6) is 0 Å². The van der Waals surface area contributed by atoms with E-state index in [-0.39, 0.29) is 5.92 Å². The summed E-state index contributed by atoms with van der Waals surface area (Å²) in [6.45, 7) is 4.06. The van der Waals surface area contributed by atoms with Crippen molar-refractivity contribution >= 4 is 35.1 Å². The molecular formula is C11H11Cl2N3O. The summed E-state index contributed by atoms with van der Waals surface area (Å²) in [5, 5.41) is 4.79. The Kier molecular flexibility index (Phi) is 3.35. The van der Waals surface area contributed by atoms with E-state index < -0.39 is 0 Å². The van der Waals surface area contributed by atoms with Crippen molar-refractivity contribution < 1.29 is 4.79 Å². The summed E-state index contributed by atoms with van der Waals surface area (Å²) >= 11 is 12.4. The summed E-state index contributed by atoms with van der Waals surface area (Å²) < 4.78 is 1.44. The first-order valence-corrected chi connectivity index (χ1v) is 6.03. The van der Waals surface area contributed by atoms with Crippen LogP contribution in [0.1, 0.15) is 42.1 Å². The standard InChI is InChI=1S/C11H11Cl2N3O/c1-3-6(2)8-9(12)15-11-7(5-17)4-14-16(11)10(8)13/h4-6H,3H2,1-2H3. The van der Waals surface area contributed by atoms with E-state index in [0.29, 0.717) is 27.8 Å². The predicted molar refractivity (Wildman–Crippen MR) is 67.1 cm³/mol. The van der Waals surface area contributed by atoms with Crippen molar-refractivity contribution in [1.29, 1.82) is 0 Å². The van der Waals surface area contributed by atoms with Crippen molar-refractivity contribution in [2.24, 2.45) is 0 Å². The molecule has 2 aromatic rings. The van der Waals surface area contributed by atoms with E-state index in [9.17, 15) is 4.79 Å². The normalized spacial score (nSPS) is 12.9. The van der Waals surface area contributed by atoms with E-state index >= 15 is 0 Å². The largest absolute Gasteiger partial charge is 0.298 e. The fourth-order valence-corrected chi connectivity index (χ4v) is 2.46. The number of carbonyl (C=O) groups is 1. The lowest BCUT2D eigenvalue weighted by Crippen LogP contribution is -2.03. The summed E-state index contributed by atoms with van der Waals surface area (Å²) in [5.74, 6) is 0.191. The Labute approximate surface area is 109 Å². The van der Waals surface area contributed by atoms with E-state index in [4.69, 9.17) is 23.2 Å². The molecule has 0 aliphatic carbocycles. The van der Waals surface area contributed by atoms with Crippen LogP contribution in [0.25, 0.3) is 5.65 Å². The summed E-state index contributed by atoms with van der Waals surface area (Å²) in [7, 11) is 0. The minimum atomic E-state index is 0.191. The molecule has 0 N–H and O–H groups in total. The first kappa shape index (κ1) is 12.3. The number of hydrogen-bond donors (Lipinski definition) is 0. The van der Waals surface area contributed by atoms with Crippen molar-refractivity contribution in [2.75, 3.05) is 0 Å². The average Bonchev–Trinajstić information content (AvgIpc) is 2.71. The number of aldehydes is 1. The molecule has 4 nitrogen and oxygen atoms in total. The average molecular weight is 272 g/mol. The number of aromatic nitrogens is 3. The molecule has 0 saturated carbocycles. The quantitative estimate of drug-likeness (QED) is 0.635. The van der Waals surface area contributed by atoms with Crippen LogP contribution in [0.3, 0.4) is 0 Å². The van der Waals surface area contributed by atoms with Crippen molar-refractivity contribution in [3.63, 3.8) is 0 Å². The second-order valence-electron chi connectivity index (χ2n) is 3.87. The van der Waals surface area contributed by atoms with Gasteiger partial charge in [0.2, 0.25) is 0 Å². The van der Waals surface area contributed by atoms with Gasteiger partial charge in [0.15, 0.2) is 11.9 Å². The molecule has 0 saturated heterocycles. The number of fused-ring (bicyclic) bond motifs is 1. The highest BCUT2D eigenvalue weighted by molar-refractivity contribution is 6.35. The number of rotatable bonds is 3. The highest BCUT2D eigenvalue weighted by atomic mass is 35.5. The molecule has 0 aliphatic rings. The highest BCUT2D eigenvalue weighted by Crippen LogP contribution is 2.32. The SMILES string of the molecule is CCC(C)c1c(Cl)nc2c(C=O)cnn2c1Cl. The fourth-order valence-electron chi connectivity index (χ4n) is 1.66. The second-order valence-corrected chi connectivity index (χ2v) is 4.59. The van der Waals surface area contributed by atoms with Crippen molar-refractivity contribution in [2.45, 2.75) is 26.2 Å². The molecule has 1 atom stereocenters. The Balaban J connectivity index is 2.77. The molecule has 6 heteroatoms. The topological polar surface area (TPSA) is 47.3 Å². The minimum Gasteiger partial charge on any atom is -0.298 e. The molecule has 0 radical (unpaired) electrons. The Morgan fingerprint density at radius 3 is 2.82 bits per heavy atom. The van der Waals surface area contributed by atoms with Gasteiger partial charge in [0, 0.05) is 5.56 Å². The lowest BCUT2D eigenvalue weighted by Gasteiger charge is -2.13. The van der Waals surface area contributed by atoms with E-state index in [1.807, 2.05) is 13.8 Å². The maximum Gasteiger partial charge on any atom is 0.168 e. The van der Waals surface area contributed by atoms with Gasteiger partial charge in [0.05, 0.1) is 11.8 Å². The van der Waals surface area contributed by atoms with Crippen molar-refractivity contribution in [3.05, 3.63) is 27.6 Å². The van der Waals surface area contributed by atoms with Gasteiger partial charge < -0.3 is 0 Å². The lowest BCUT2D eigenvalue weighted by molar-refractivity contribution is 0.112. The molecule has 0 aliphatic heterocycles. The fraction of sp³-hybridized carbons (Fsp3) is 0.364. The Bertz CT molecular complexity index is 580. The van der Waals surface area contributed by atoms with Crippen molar-refractivity contribution in [3.8, 4) is 0 Å². The molecule has 2 aromatic heterocycles. The Hall–Kier alpha value is -1.13. The van der Waals surface area contributed by atoms with Crippen LogP contribution in [0.2, 0.25) is 10.3 Å². The van der Waals surface area contributed by atoms with Crippen LogP contribution in [0.15, 0.2) is 6.20 Å². The van der Waals surface area contributed by atoms with Gasteiger partial charge in [-0.3, -0.25) is 4.79 Å².